The van der Waals surface area contributed by atoms with E-state index in [1.54, 1.807) is 18.0 Å². The van der Waals surface area contributed by atoms with E-state index in [0.29, 0.717) is 12.0 Å². The van der Waals surface area contributed by atoms with E-state index in [2.05, 4.69) is 24.5 Å². The lowest BCUT2D eigenvalue weighted by Crippen LogP contribution is -2.16. The van der Waals surface area contributed by atoms with Gasteiger partial charge in [-0.3, -0.25) is 4.79 Å². The van der Waals surface area contributed by atoms with Crippen molar-refractivity contribution in [2.24, 2.45) is 0 Å². The van der Waals surface area contributed by atoms with Gasteiger partial charge in [-0.2, -0.15) is 0 Å². The molecular weight excluding hydrogens is 218 g/mol. The van der Waals surface area contributed by atoms with E-state index in [0.717, 1.165) is 13.0 Å². The number of likely N-dealkylation sites (tertiary alicyclic amines) is 1. The van der Waals surface area contributed by atoms with Crippen LogP contribution in [0.3, 0.4) is 0 Å². The first-order valence-corrected chi connectivity index (χ1v) is 5.38. The van der Waals surface area contributed by atoms with Crippen molar-refractivity contribution in [1.82, 2.24) is 4.90 Å². The van der Waals surface area contributed by atoms with Crippen molar-refractivity contribution in [2.75, 3.05) is 13.2 Å². The van der Waals surface area contributed by atoms with Gasteiger partial charge in [0, 0.05) is 18.5 Å². The van der Waals surface area contributed by atoms with Gasteiger partial charge in [0.05, 0.1) is 0 Å². The van der Waals surface area contributed by atoms with Gasteiger partial charge in [0.2, 0.25) is 5.91 Å². The minimum atomic E-state index is -0.366. The molecule has 1 amide bonds. The number of hydrogen-bond donors (Lipinski definition) is 0. The summed E-state index contributed by atoms with van der Waals surface area (Å²) < 4.78 is 4.60. The lowest BCUT2D eigenvalue weighted by molar-refractivity contribution is -0.137. The van der Waals surface area contributed by atoms with Gasteiger partial charge in [0.25, 0.3) is 0 Å². The van der Waals surface area contributed by atoms with Gasteiger partial charge in [-0.1, -0.05) is 25.8 Å². The molecule has 1 fully saturated rings. The number of esters is 1. The fourth-order valence-electron chi connectivity index (χ4n) is 1.12. The van der Waals surface area contributed by atoms with Crippen LogP contribution in [0.4, 0.5) is 0 Å². The van der Waals surface area contributed by atoms with Crippen LogP contribution < -0.4 is 0 Å². The summed E-state index contributed by atoms with van der Waals surface area (Å²) in [6, 6.07) is 0. The third kappa shape index (κ3) is 6.35. The smallest absolute Gasteiger partial charge is 0.333 e. The van der Waals surface area contributed by atoms with Gasteiger partial charge < -0.3 is 9.64 Å². The van der Waals surface area contributed by atoms with Crippen LogP contribution in [0.25, 0.3) is 0 Å². The van der Waals surface area contributed by atoms with Gasteiger partial charge in [-0.05, 0) is 19.5 Å². The molecule has 94 valence electrons. The second kappa shape index (κ2) is 8.33. The topological polar surface area (TPSA) is 46.6 Å². The van der Waals surface area contributed by atoms with E-state index < -0.39 is 0 Å². The molecular formula is C13H19NO3. The number of rotatable bonds is 4. The molecule has 1 saturated heterocycles. The average molecular weight is 237 g/mol. The molecule has 0 radical (unpaired) electrons. The molecule has 4 nitrogen and oxygen atoms in total. The van der Waals surface area contributed by atoms with Crippen molar-refractivity contribution in [3.8, 4) is 0 Å². The van der Waals surface area contributed by atoms with Gasteiger partial charge >= 0.3 is 5.97 Å². The highest BCUT2D eigenvalue weighted by Gasteiger charge is 2.15. The van der Waals surface area contributed by atoms with Crippen molar-refractivity contribution in [3.05, 3.63) is 37.6 Å². The molecule has 0 aromatic carbocycles. The third-order valence-electron chi connectivity index (χ3n) is 2.01. The largest absolute Gasteiger partial charge is 0.458 e. The van der Waals surface area contributed by atoms with Crippen molar-refractivity contribution in [1.29, 1.82) is 0 Å². The lowest BCUT2D eigenvalue weighted by atomic mass is 10.4. The van der Waals surface area contributed by atoms with Crippen LogP contribution >= 0.6 is 0 Å². The first kappa shape index (κ1) is 15.2. The Bertz CT molecular complexity index is 321. The van der Waals surface area contributed by atoms with Crippen LogP contribution in [-0.2, 0) is 14.3 Å². The second-order valence-electron chi connectivity index (χ2n) is 3.54. The molecule has 0 spiro atoms. The summed E-state index contributed by atoms with van der Waals surface area (Å²) in [6.07, 6.45) is 4.80. The van der Waals surface area contributed by atoms with Crippen molar-refractivity contribution >= 4 is 11.9 Å². The molecule has 0 N–H and O–H groups in total. The SMILES string of the molecule is C=CCOC(=O)C(=C)C.C=CN1CCCC1=O. The molecule has 1 aliphatic rings. The zero-order valence-corrected chi connectivity index (χ0v) is 10.3. The Hall–Kier alpha value is -1.84. The minimum absolute atomic E-state index is 0.208. The zero-order chi connectivity index (χ0) is 13.3. The Balaban J connectivity index is 0.000000302. The van der Waals surface area contributed by atoms with Crippen molar-refractivity contribution < 1.29 is 14.3 Å². The van der Waals surface area contributed by atoms with E-state index in [-0.39, 0.29) is 18.5 Å². The normalized spacial score (nSPS) is 13.5. The second-order valence-corrected chi connectivity index (χ2v) is 3.54. The Morgan fingerprint density at radius 1 is 1.53 bits per heavy atom. The zero-order valence-electron chi connectivity index (χ0n) is 10.3. The highest BCUT2D eigenvalue weighted by Crippen LogP contribution is 2.08. The van der Waals surface area contributed by atoms with Crippen LogP contribution in [0.15, 0.2) is 37.6 Å². The Morgan fingerprint density at radius 3 is 2.47 bits per heavy atom. The maximum Gasteiger partial charge on any atom is 0.333 e. The van der Waals surface area contributed by atoms with E-state index in [4.69, 9.17) is 0 Å². The number of carbonyl (C=O) groups is 2. The van der Waals surface area contributed by atoms with Gasteiger partial charge in [-0.15, -0.1) is 0 Å². The molecule has 0 aromatic rings. The molecule has 0 atom stereocenters. The van der Waals surface area contributed by atoms with Crippen molar-refractivity contribution in [2.45, 2.75) is 19.8 Å². The van der Waals surface area contributed by atoms with E-state index in [1.807, 2.05) is 0 Å². The molecule has 1 heterocycles. The summed E-state index contributed by atoms with van der Waals surface area (Å²) in [5, 5.41) is 0. The molecule has 17 heavy (non-hydrogen) atoms. The lowest BCUT2D eigenvalue weighted by Gasteiger charge is -2.05. The summed E-state index contributed by atoms with van der Waals surface area (Å²) >= 11 is 0. The average Bonchev–Trinajstić information content (AvgIpc) is 2.72. The minimum Gasteiger partial charge on any atom is -0.458 e. The first-order chi connectivity index (χ1) is 8.02. The fourth-order valence-corrected chi connectivity index (χ4v) is 1.12. The molecule has 0 unspecified atom stereocenters. The maximum atomic E-state index is 10.7. The Kier molecular flexibility index (Phi) is 7.43. The molecule has 4 heteroatoms. The van der Waals surface area contributed by atoms with Crippen LogP contribution in [0.1, 0.15) is 19.8 Å². The third-order valence-corrected chi connectivity index (χ3v) is 2.01. The Labute approximate surface area is 102 Å². The maximum absolute atomic E-state index is 10.7. The predicted molar refractivity (Wildman–Crippen MR) is 67.1 cm³/mol. The molecule has 0 aliphatic carbocycles. The highest BCUT2D eigenvalue weighted by atomic mass is 16.5. The molecule has 0 saturated carbocycles. The van der Waals surface area contributed by atoms with E-state index in [9.17, 15) is 9.59 Å². The monoisotopic (exact) mass is 237 g/mol. The summed E-state index contributed by atoms with van der Waals surface area (Å²) in [5.41, 5.74) is 0.414. The highest BCUT2D eigenvalue weighted by molar-refractivity contribution is 5.86. The fraction of sp³-hybridized carbons (Fsp3) is 0.385. The van der Waals surface area contributed by atoms with Crippen LogP contribution in [0.2, 0.25) is 0 Å². The van der Waals surface area contributed by atoms with Crippen molar-refractivity contribution in [3.63, 3.8) is 0 Å². The van der Waals surface area contributed by atoms with Gasteiger partial charge in [0.15, 0.2) is 0 Å². The number of nitrogens with zero attached hydrogens (tertiary/aromatic N) is 1. The molecule has 1 aliphatic heterocycles. The molecule has 0 aromatic heterocycles. The summed E-state index contributed by atoms with van der Waals surface area (Å²) in [6.45, 7) is 13.0. The van der Waals surface area contributed by atoms with E-state index in [1.165, 1.54) is 6.08 Å². The summed E-state index contributed by atoms with van der Waals surface area (Å²) in [7, 11) is 0. The van der Waals surface area contributed by atoms with Gasteiger partial charge in [0.1, 0.15) is 6.61 Å². The summed E-state index contributed by atoms with van der Waals surface area (Å²) in [5.74, 6) is -0.157. The summed E-state index contributed by atoms with van der Waals surface area (Å²) in [4.78, 5) is 22.8. The van der Waals surface area contributed by atoms with Crippen LogP contribution in [0.5, 0.6) is 0 Å². The number of hydrogen-bond acceptors (Lipinski definition) is 3. The molecule has 0 bridgehead atoms. The number of carbonyl (C=O) groups excluding carboxylic acids is 2. The quantitative estimate of drug-likeness (QED) is 0.427. The van der Waals surface area contributed by atoms with Crippen LogP contribution in [0, 0.1) is 0 Å². The Morgan fingerprint density at radius 2 is 2.18 bits per heavy atom. The predicted octanol–water partition coefficient (Wildman–Crippen LogP) is 2.04. The first-order valence-electron chi connectivity index (χ1n) is 5.38. The van der Waals surface area contributed by atoms with E-state index >= 15 is 0 Å². The van der Waals surface area contributed by atoms with Crippen LogP contribution in [-0.4, -0.2) is 29.9 Å². The number of amides is 1. The number of ether oxygens (including phenoxy) is 1. The standard InChI is InChI=1S/C7H10O2.C6H9NO/c1-4-5-9-7(8)6(2)3;1-2-7-5-3-4-6(7)8/h4H,1-2,5H2,3H3;2H,1,3-5H2. The molecule has 1 rings (SSSR count). The van der Waals surface area contributed by atoms with Gasteiger partial charge in [-0.25, -0.2) is 4.79 Å².